The van der Waals surface area contributed by atoms with E-state index in [1.54, 1.807) is 0 Å². The average molecular weight is 368 g/mol. The molecule has 0 heterocycles. The highest BCUT2D eigenvalue weighted by atomic mass is 32.2. The van der Waals surface area contributed by atoms with Gasteiger partial charge in [0.1, 0.15) is 17.3 Å². The number of benzene rings is 2. The van der Waals surface area contributed by atoms with Gasteiger partial charge in [-0.1, -0.05) is 6.07 Å². The van der Waals surface area contributed by atoms with Gasteiger partial charge in [-0.05, 0) is 43.3 Å². The number of hydrazine groups is 1. The van der Waals surface area contributed by atoms with E-state index < -0.39 is 28.4 Å². The molecule has 0 aromatic heterocycles. The first kappa shape index (κ1) is 18.7. The maximum absolute atomic E-state index is 13.0. The summed E-state index contributed by atoms with van der Waals surface area (Å²) in [4.78, 5) is 13.6. The fraction of sp³-hybridized carbons (Fsp3) is 0.188. The van der Waals surface area contributed by atoms with Crippen LogP contribution in [0.3, 0.4) is 0 Å². The third-order valence-corrected chi connectivity index (χ3v) is 4.20. The van der Waals surface area contributed by atoms with Gasteiger partial charge in [-0.2, -0.15) is 0 Å². The minimum absolute atomic E-state index is 0.0395. The normalized spacial score (nSPS) is 11.0. The van der Waals surface area contributed by atoms with E-state index in [1.165, 1.54) is 42.5 Å². The molecule has 0 saturated heterocycles. The van der Waals surface area contributed by atoms with E-state index >= 15 is 0 Å². The molecule has 9 heteroatoms. The van der Waals surface area contributed by atoms with Gasteiger partial charge >= 0.3 is 0 Å². The second-order valence-electron chi connectivity index (χ2n) is 4.80. The Balaban J connectivity index is 1.87. The minimum atomic E-state index is -3.93. The number of carbonyl (C=O) groups excluding carboxylic acids is 1. The Bertz CT molecular complexity index is 825. The van der Waals surface area contributed by atoms with Crippen LogP contribution in [-0.2, 0) is 14.8 Å². The van der Waals surface area contributed by atoms with Crippen molar-refractivity contribution in [3.63, 3.8) is 0 Å². The van der Waals surface area contributed by atoms with Crippen molar-refractivity contribution in [2.24, 2.45) is 0 Å². The number of ether oxygens (including phenoxy) is 2. The number of nitrogens with one attached hydrogen (secondary N) is 2. The van der Waals surface area contributed by atoms with Gasteiger partial charge in [0.2, 0.25) is 0 Å². The molecule has 0 radical (unpaired) electrons. The number of halogens is 1. The number of sulfonamides is 1. The molecular formula is C16H17FN2O5S. The van der Waals surface area contributed by atoms with Crippen molar-refractivity contribution < 1.29 is 27.1 Å². The molecule has 134 valence electrons. The van der Waals surface area contributed by atoms with Crippen molar-refractivity contribution in [1.29, 1.82) is 0 Å². The van der Waals surface area contributed by atoms with Crippen molar-refractivity contribution in [2.45, 2.75) is 11.8 Å². The Labute approximate surface area is 144 Å². The lowest BCUT2D eigenvalue weighted by molar-refractivity contribution is -0.123. The highest BCUT2D eigenvalue weighted by molar-refractivity contribution is 7.89. The van der Waals surface area contributed by atoms with E-state index in [0.717, 1.165) is 6.07 Å². The largest absolute Gasteiger partial charge is 0.494 e. The molecule has 7 nitrogen and oxygen atoms in total. The Kier molecular flexibility index (Phi) is 6.31. The minimum Gasteiger partial charge on any atom is -0.494 e. The lowest BCUT2D eigenvalue weighted by Gasteiger charge is -2.10. The number of carbonyl (C=O) groups is 1. The standard InChI is InChI=1S/C16H17FN2O5S/c1-2-23-13-6-8-15(9-7-13)25(21,22)19-18-16(20)11-24-14-5-3-4-12(17)10-14/h3-10,19H,2,11H2,1H3,(H,18,20). The van der Waals surface area contributed by atoms with Gasteiger partial charge in [-0.15, -0.1) is 4.83 Å². The molecule has 0 aliphatic rings. The fourth-order valence-corrected chi connectivity index (χ4v) is 2.67. The third kappa shape index (κ3) is 5.73. The zero-order valence-corrected chi connectivity index (χ0v) is 14.2. The molecule has 0 saturated carbocycles. The van der Waals surface area contributed by atoms with Gasteiger partial charge in [0, 0.05) is 6.07 Å². The van der Waals surface area contributed by atoms with Gasteiger partial charge < -0.3 is 9.47 Å². The van der Waals surface area contributed by atoms with Crippen LogP contribution >= 0.6 is 0 Å². The number of rotatable bonds is 8. The Morgan fingerprint density at radius 3 is 2.44 bits per heavy atom. The average Bonchev–Trinajstić information content (AvgIpc) is 2.59. The molecule has 0 unspecified atom stereocenters. The first-order chi connectivity index (χ1) is 11.9. The van der Waals surface area contributed by atoms with Crippen LogP contribution in [0, 0.1) is 5.82 Å². The van der Waals surface area contributed by atoms with Crippen molar-refractivity contribution in [3.05, 3.63) is 54.3 Å². The van der Waals surface area contributed by atoms with Crippen LogP contribution in [-0.4, -0.2) is 27.5 Å². The predicted molar refractivity (Wildman–Crippen MR) is 88.0 cm³/mol. The van der Waals surface area contributed by atoms with Crippen LogP contribution in [0.1, 0.15) is 6.92 Å². The van der Waals surface area contributed by atoms with Gasteiger partial charge in [-0.3, -0.25) is 10.2 Å². The van der Waals surface area contributed by atoms with Crippen LogP contribution in [0.25, 0.3) is 0 Å². The summed E-state index contributed by atoms with van der Waals surface area (Å²) >= 11 is 0. The summed E-state index contributed by atoms with van der Waals surface area (Å²) in [5, 5.41) is 0. The summed E-state index contributed by atoms with van der Waals surface area (Å²) in [5.74, 6) is -0.550. The number of hydrogen-bond donors (Lipinski definition) is 2. The number of amides is 1. The smallest absolute Gasteiger partial charge is 0.272 e. The fourth-order valence-electron chi connectivity index (χ4n) is 1.81. The van der Waals surface area contributed by atoms with E-state index in [4.69, 9.17) is 9.47 Å². The molecule has 0 atom stereocenters. The summed E-state index contributed by atoms with van der Waals surface area (Å²) < 4.78 is 47.4. The zero-order chi connectivity index (χ0) is 18.3. The van der Waals surface area contributed by atoms with Gasteiger partial charge in [0.15, 0.2) is 6.61 Å². The number of hydrogen-bond acceptors (Lipinski definition) is 5. The zero-order valence-electron chi connectivity index (χ0n) is 13.4. The molecule has 0 spiro atoms. The van der Waals surface area contributed by atoms with Crippen LogP contribution < -0.4 is 19.7 Å². The summed E-state index contributed by atoms with van der Waals surface area (Å²) in [6.45, 7) is 1.80. The molecular weight excluding hydrogens is 351 g/mol. The molecule has 0 aliphatic carbocycles. The van der Waals surface area contributed by atoms with Crippen molar-refractivity contribution in [1.82, 2.24) is 10.3 Å². The maximum Gasteiger partial charge on any atom is 0.272 e. The van der Waals surface area contributed by atoms with Gasteiger partial charge in [0.25, 0.3) is 15.9 Å². The predicted octanol–water partition coefficient (Wildman–Crippen LogP) is 1.61. The monoisotopic (exact) mass is 368 g/mol. The first-order valence-corrected chi connectivity index (χ1v) is 8.81. The highest BCUT2D eigenvalue weighted by Gasteiger charge is 2.15. The van der Waals surface area contributed by atoms with E-state index in [1.807, 2.05) is 17.2 Å². The van der Waals surface area contributed by atoms with Crippen LogP contribution in [0.2, 0.25) is 0 Å². The highest BCUT2D eigenvalue weighted by Crippen LogP contribution is 2.15. The molecule has 25 heavy (non-hydrogen) atoms. The van der Waals surface area contributed by atoms with Gasteiger partial charge in [0.05, 0.1) is 11.5 Å². The first-order valence-electron chi connectivity index (χ1n) is 7.32. The van der Waals surface area contributed by atoms with E-state index in [0.29, 0.717) is 12.4 Å². The van der Waals surface area contributed by atoms with Crippen molar-refractivity contribution in [2.75, 3.05) is 13.2 Å². The van der Waals surface area contributed by atoms with Crippen LogP contribution in [0.5, 0.6) is 11.5 Å². The molecule has 2 aromatic carbocycles. The molecule has 2 rings (SSSR count). The molecule has 2 N–H and O–H groups in total. The molecule has 2 aromatic rings. The van der Waals surface area contributed by atoms with E-state index in [2.05, 4.69) is 0 Å². The second kappa shape index (κ2) is 8.45. The summed E-state index contributed by atoms with van der Waals surface area (Å²) in [6, 6.07) is 11.0. The topological polar surface area (TPSA) is 93.7 Å². The van der Waals surface area contributed by atoms with Crippen LogP contribution in [0.4, 0.5) is 4.39 Å². The maximum atomic E-state index is 13.0. The lowest BCUT2D eigenvalue weighted by atomic mass is 10.3. The summed E-state index contributed by atoms with van der Waals surface area (Å²) in [5.41, 5.74) is 2.02. The molecule has 0 bridgehead atoms. The van der Waals surface area contributed by atoms with E-state index in [-0.39, 0.29) is 10.6 Å². The Morgan fingerprint density at radius 2 is 1.80 bits per heavy atom. The summed E-state index contributed by atoms with van der Waals surface area (Å²) in [7, 11) is -3.93. The van der Waals surface area contributed by atoms with Crippen LogP contribution in [0.15, 0.2) is 53.4 Å². The molecule has 1 amide bonds. The Hall–Kier alpha value is -2.65. The third-order valence-electron chi connectivity index (χ3n) is 2.94. The summed E-state index contributed by atoms with van der Waals surface area (Å²) in [6.07, 6.45) is 0. The van der Waals surface area contributed by atoms with Crippen molar-refractivity contribution >= 4 is 15.9 Å². The lowest BCUT2D eigenvalue weighted by Crippen LogP contribution is -2.43. The Morgan fingerprint density at radius 1 is 1.08 bits per heavy atom. The van der Waals surface area contributed by atoms with Gasteiger partial charge in [-0.25, -0.2) is 12.8 Å². The quantitative estimate of drug-likeness (QED) is 0.691. The molecule has 0 aliphatic heterocycles. The SMILES string of the molecule is CCOc1ccc(S(=O)(=O)NNC(=O)COc2cccc(F)c2)cc1. The molecule has 0 fully saturated rings. The second-order valence-corrected chi connectivity index (χ2v) is 6.49. The van der Waals surface area contributed by atoms with E-state index in [9.17, 15) is 17.6 Å². The van der Waals surface area contributed by atoms with Crippen molar-refractivity contribution in [3.8, 4) is 11.5 Å².